The SMILES string of the molecule is CC(Sc1nnc(COc2ccc(C(C)C)cc2)n1N)C(=O)NC(=O)NCc1ccccc1. The molecule has 33 heavy (non-hydrogen) atoms. The van der Waals surface area contributed by atoms with Crippen molar-refractivity contribution in [1.82, 2.24) is 25.5 Å². The highest BCUT2D eigenvalue weighted by molar-refractivity contribution is 8.00. The second-order valence-corrected chi connectivity index (χ2v) is 9.01. The predicted octanol–water partition coefficient (Wildman–Crippen LogP) is 3.20. The van der Waals surface area contributed by atoms with E-state index in [9.17, 15) is 9.59 Å². The van der Waals surface area contributed by atoms with Crippen LogP contribution in [0.4, 0.5) is 4.79 Å². The van der Waals surface area contributed by atoms with Gasteiger partial charge < -0.3 is 15.9 Å². The van der Waals surface area contributed by atoms with Gasteiger partial charge in [-0.25, -0.2) is 9.47 Å². The van der Waals surface area contributed by atoms with Gasteiger partial charge in [0.1, 0.15) is 12.4 Å². The minimum absolute atomic E-state index is 0.132. The second-order valence-electron chi connectivity index (χ2n) is 7.70. The minimum atomic E-state index is -0.615. The molecule has 3 amide bonds. The smallest absolute Gasteiger partial charge is 0.321 e. The van der Waals surface area contributed by atoms with E-state index in [0.717, 1.165) is 17.3 Å². The Morgan fingerprint density at radius 2 is 1.76 bits per heavy atom. The molecule has 0 aliphatic rings. The van der Waals surface area contributed by atoms with Gasteiger partial charge in [0.2, 0.25) is 11.1 Å². The number of amides is 3. The number of rotatable bonds is 9. The summed E-state index contributed by atoms with van der Waals surface area (Å²) in [6, 6.07) is 16.7. The van der Waals surface area contributed by atoms with Crippen LogP contribution in [0.25, 0.3) is 0 Å². The number of hydrogen-bond acceptors (Lipinski definition) is 7. The van der Waals surface area contributed by atoms with Crippen LogP contribution in [0.3, 0.4) is 0 Å². The van der Waals surface area contributed by atoms with Crippen molar-refractivity contribution >= 4 is 23.7 Å². The zero-order valence-corrected chi connectivity index (χ0v) is 19.6. The van der Waals surface area contributed by atoms with Gasteiger partial charge in [-0.2, -0.15) is 0 Å². The van der Waals surface area contributed by atoms with Crippen LogP contribution in [0.2, 0.25) is 0 Å². The average molecular weight is 469 g/mol. The number of hydrogen-bond donors (Lipinski definition) is 3. The number of urea groups is 1. The Balaban J connectivity index is 1.48. The van der Waals surface area contributed by atoms with E-state index in [1.54, 1.807) is 6.92 Å². The molecule has 174 valence electrons. The maximum atomic E-state index is 12.4. The van der Waals surface area contributed by atoms with Crippen molar-refractivity contribution < 1.29 is 14.3 Å². The predicted molar refractivity (Wildman–Crippen MR) is 127 cm³/mol. The van der Waals surface area contributed by atoms with Gasteiger partial charge in [-0.05, 0) is 36.1 Å². The molecule has 1 heterocycles. The topological polar surface area (TPSA) is 124 Å². The zero-order chi connectivity index (χ0) is 23.8. The van der Waals surface area contributed by atoms with Crippen molar-refractivity contribution in [2.75, 3.05) is 5.84 Å². The van der Waals surface area contributed by atoms with E-state index in [1.165, 1.54) is 10.2 Å². The lowest BCUT2D eigenvalue weighted by Crippen LogP contribution is -2.42. The highest BCUT2D eigenvalue weighted by Gasteiger charge is 2.21. The molecule has 0 saturated carbocycles. The summed E-state index contributed by atoms with van der Waals surface area (Å²) < 4.78 is 7.03. The highest BCUT2D eigenvalue weighted by atomic mass is 32.2. The van der Waals surface area contributed by atoms with E-state index in [-0.39, 0.29) is 6.61 Å². The third-order valence-electron chi connectivity index (χ3n) is 4.83. The van der Waals surface area contributed by atoms with Gasteiger partial charge in [0.25, 0.3) is 0 Å². The summed E-state index contributed by atoms with van der Waals surface area (Å²) in [6.07, 6.45) is 0. The van der Waals surface area contributed by atoms with Crippen molar-refractivity contribution in [3.63, 3.8) is 0 Å². The standard InChI is InChI=1S/C23H28N6O3S/c1-15(2)18-9-11-19(12-10-18)32-14-20-27-28-23(29(20)24)33-16(3)21(30)26-22(31)25-13-17-7-5-4-6-8-17/h4-12,15-16H,13-14,24H2,1-3H3,(H2,25,26,30,31). The Bertz CT molecular complexity index is 1070. The van der Waals surface area contributed by atoms with E-state index in [2.05, 4.69) is 34.7 Å². The monoisotopic (exact) mass is 468 g/mol. The Kier molecular flexibility index (Phi) is 8.31. The first kappa shape index (κ1) is 24.1. The fourth-order valence-corrected chi connectivity index (χ4v) is 3.62. The van der Waals surface area contributed by atoms with Crippen LogP contribution in [-0.2, 0) is 17.9 Å². The summed E-state index contributed by atoms with van der Waals surface area (Å²) in [5, 5.41) is 12.8. The summed E-state index contributed by atoms with van der Waals surface area (Å²) in [7, 11) is 0. The van der Waals surface area contributed by atoms with Crippen molar-refractivity contribution in [2.24, 2.45) is 0 Å². The number of ether oxygens (including phenoxy) is 1. The Hall–Kier alpha value is -3.53. The summed E-state index contributed by atoms with van der Waals surface area (Å²) >= 11 is 1.10. The fourth-order valence-electron chi connectivity index (χ4n) is 2.83. The number of benzene rings is 2. The number of nitrogens with one attached hydrogen (secondary N) is 2. The van der Waals surface area contributed by atoms with E-state index in [4.69, 9.17) is 10.6 Å². The molecule has 10 heteroatoms. The molecule has 1 aromatic heterocycles. The third kappa shape index (κ3) is 6.98. The first-order valence-corrected chi connectivity index (χ1v) is 11.4. The fraction of sp³-hybridized carbons (Fsp3) is 0.304. The van der Waals surface area contributed by atoms with E-state index in [0.29, 0.717) is 29.2 Å². The molecule has 0 fully saturated rings. The van der Waals surface area contributed by atoms with Crippen molar-refractivity contribution in [3.8, 4) is 5.75 Å². The average Bonchev–Trinajstić information content (AvgIpc) is 3.16. The van der Waals surface area contributed by atoms with E-state index >= 15 is 0 Å². The van der Waals surface area contributed by atoms with Gasteiger partial charge in [0.05, 0.1) is 5.25 Å². The van der Waals surface area contributed by atoms with Crippen LogP contribution >= 0.6 is 11.8 Å². The first-order chi connectivity index (χ1) is 15.8. The van der Waals surface area contributed by atoms with Gasteiger partial charge in [-0.1, -0.05) is 68.1 Å². The van der Waals surface area contributed by atoms with Crippen LogP contribution in [0.15, 0.2) is 59.8 Å². The molecule has 1 unspecified atom stereocenters. The number of carbonyl (C=O) groups is 2. The van der Waals surface area contributed by atoms with Gasteiger partial charge in [-0.3, -0.25) is 10.1 Å². The molecule has 2 aromatic carbocycles. The minimum Gasteiger partial charge on any atom is -0.486 e. The third-order valence-corrected chi connectivity index (χ3v) is 5.89. The van der Waals surface area contributed by atoms with Gasteiger partial charge in [0.15, 0.2) is 5.82 Å². The summed E-state index contributed by atoms with van der Waals surface area (Å²) in [5.74, 6) is 7.17. The Morgan fingerprint density at radius 3 is 2.42 bits per heavy atom. The number of nitrogens with zero attached hydrogens (tertiary/aromatic N) is 3. The number of nitrogens with two attached hydrogens (primary N) is 1. The molecule has 0 spiro atoms. The molecular formula is C23H28N6O3S. The van der Waals surface area contributed by atoms with Crippen LogP contribution in [0, 0.1) is 0 Å². The van der Waals surface area contributed by atoms with Crippen molar-refractivity contribution in [2.45, 2.75) is 50.2 Å². The molecule has 0 aliphatic heterocycles. The second kappa shape index (κ2) is 11.4. The zero-order valence-electron chi connectivity index (χ0n) is 18.8. The number of imide groups is 1. The number of thioether (sulfide) groups is 1. The maximum Gasteiger partial charge on any atom is 0.321 e. The molecule has 0 saturated heterocycles. The van der Waals surface area contributed by atoms with Crippen LogP contribution < -0.4 is 21.2 Å². The Labute approximate surface area is 197 Å². The molecule has 3 rings (SSSR count). The molecule has 3 aromatic rings. The molecule has 0 bridgehead atoms. The summed E-state index contributed by atoms with van der Waals surface area (Å²) in [5.41, 5.74) is 2.16. The lowest BCUT2D eigenvalue weighted by molar-refractivity contribution is -0.119. The maximum absolute atomic E-state index is 12.4. The first-order valence-electron chi connectivity index (χ1n) is 10.5. The normalized spacial score (nSPS) is 11.8. The number of nitrogen functional groups attached to an aromatic ring is 1. The Morgan fingerprint density at radius 1 is 1.06 bits per heavy atom. The van der Waals surface area contributed by atoms with Crippen molar-refractivity contribution in [3.05, 3.63) is 71.5 Å². The molecule has 4 N–H and O–H groups in total. The lowest BCUT2D eigenvalue weighted by atomic mass is 10.0. The van der Waals surface area contributed by atoms with E-state index in [1.807, 2.05) is 54.6 Å². The lowest BCUT2D eigenvalue weighted by Gasteiger charge is -2.12. The number of carbonyl (C=O) groups excluding carboxylic acids is 2. The summed E-state index contributed by atoms with van der Waals surface area (Å²) in [6.45, 7) is 6.37. The summed E-state index contributed by atoms with van der Waals surface area (Å²) in [4.78, 5) is 24.4. The van der Waals surface area contributed by atoms with E-state index < -0.39 is 17.2 Å². The highest BCUT2D eigenvalue weighted by Crippen LogP contribution is 2.22. The molecule has 1 atom stereocenters. The molecule has 9 nitrogen and oxygen atoms in total. The molecule has 0 radical (unpaired) electrons. The van der Waals surface area contributed by atoms with Crippen LogP contribution in [-0.4, -0.2) is 32.1 Å². The van der Waals surface area contributed by atoms with Gasteiger partial charge >= 0.3 is 6.03 Å². The van der Waals surface area contributed by atoms with Crippen molar-refractivity contribution in [1.29, 1.82) is 0 Å². The van der Waals surface area contributed by atoms with Crippen LogP contribution in [0.5, 0.6) is 5.75 Å². The van der Waals surface area contributed by atoms with Crippen LogP contribution in [0.1, 0.15) is 43.6 Å². The largest absolute Gasteiger partial charge is 0.486 e. The molecule has 0 aliphatic carbocycles. The molecular weight excluding hydrogens is 440 g/mol. The van der Waals surface area contributed by atoms with Gasteiger partial charge in [0, 0.05) is 6.54 Å². The van der Waals surface area contributed by atoms with Gasteiger partial charge in [-0.15, -0.1) is 10.2 Å². The quantitative estimate of drug-likeness (QED) is 0.325. The number of aromatic nitrogens is 3.